The van der Waals surface area contributed by atoms with Gasteiger partial charge in [-0.2, -0.15) is 0 Å². The average Bonchev–Trinajstić information content (AvgIpc) is 2.60. The van der Waals surface area contributed by atoms with Gasteiger partial charge in [0.25, 0.3) is 11.5 Å². The highest BCUT2D eigenvalue weighted by Gasteiger charge is 2.57. The van der Waals surface area contributed by atoms with Crippen LogP contribution in [0.3, 0.4) is 0 Å². The molecule has 2 fully saturated rings. The largest absolute Gasteiger partial charge is 0.378 e. The number of carbonyl (C=O) groups excluding carboxylic acids is 1. The van der Waals surface area contributed by atoms with Gasteiger partial charge in [0.05, 0.1) is 6.10 Å². The summed E-state index contributed by atoms with van der Waals surface area (Å²) >= 11 is 0. The van der Waals surface area contributed by atoms with Crippen molar-refractivity contribution in [2.24, 2.45) is 12.5 Å². The Hall–Kier alpha value is -1.62. The van der Waals surface area contributed by atoms with Gasteiger partial charge in [0.15, 0.2) is 0 Å². The summed E-state index contributed by atoms with van der Waals surface area (Å²) in [7, 11) is 3.57. The van der Waals surface area contributed by atoms with Crippen LogP contribution < -0.4 is 5.56 Å². The van der Waals surface area contributed by atoms with E-state index < -0.39 is 0 Å². The lowest BCUT2D eigenvalue weighted by Gasteiger charge is -2.60. The molecule has 0 N–H and O–H groups in total. The number of aryl methyl sites for hydroxylation is 1. The van der Waals surface area contributed by atoms with Gasteiger partial charge in [0.2, 0.25) is 0 Å². The van der Waals surface area contributed by atoms with Gasteiger partial charge in [0, 0.05) is 50.0 Å². The third-order valence-corrected chi connectivity index (χ3v) is 6.03. The van der Waals surface area contributed by atoms with Crippen LogP contribution in [0, 0.1) is 5.41 Å². The van der Waals surface area contributed by atoms with Crippen LogP contribution in [0.1, 0.15) is 55.8 Å². The molecule has 1 aromatic rings. The summed E-state index contributed by atoms with van der Waals surface area (Å²) < 4.78 is 7.46. The maximum absolute atomic E-state index is 12.9. The van der Waals surface area contributed by atoms with Crippen molar-refractivity contribution in [3.63, 3.8) is 0 Å². The molecule has 0 bridgehead atoms. The lowest BCUT2D eigenvalue weighted by atomic mass is 9.54. The van der Waals surface area contributed by atoms with Crippen LogP contribution in [-0.4, -0.2) is 41.2 Å². The summed E-state index contributed by atoms with van der Waals surface area (Å²) in [6.45, 7) is 2.77. The van der Waals surface area contributed by atoms with Gasteiger partial charge >= 0.3 is 0 Å². The molecule has 1 heterocycles. The van der Waals surface area contributed by atoms with E-state index in [9.17, 15) is 9.59 Å². The minimum absolute atomic E-state index is 0.0578. The molecule has 1 aromatic heterocycles. The minimum atomic E-state index is -0.151. The Labute approximate surface area is 143 Å². The number of pyridine rings is 1. The molecule has 2 aliphatic carbocycles. The van der Waals surface area contributed by atoms with Crippen molar-refractivity contribution in [2.75, 3.05) is 13.7 Å². The molecule has 0 saturated heterocycles. The standard InChI is InChI=1S/C19H28N2O3/c1-4-24-16-13-15(19(16)9-6-5-7-10-19)21(3)18(23)14-8-11-20(2)17(22)12-14/h8,11-12,15-16H,4-7,9-10,13H2,1-3H3/t15-,16+/m1/s1. The van der Waals surface area contributed by atoms with Crippen LogP contribution in [-0.2, 0) is 11.8 Å². The molecule has 0 aliphatic heterocycles. The van der Waals surface area contributed by atoms with Crippen molar-refractivity contribution in [3.8, 4) is 0 Å². The molecule has 0 aromatic carbocycles. The highest BCUT2D eigenvalue weighted by atomic mass is 16.5. The van der Waals surface area contributed by atoms with E-state index in [-0.39, 0.29) is 29.0 Å². The molecule has 5 heteroatoms. The zero-order chi connectivity index (χ0) is 17.3. The molecule has 2 aliphatic rings. The fourth-order valence-corrected chi connectivity index (χ4v) is 4.60. The quantitative estimate of drug-likeness (QED) is 0.851. The summed E-state index contributed by atoms with van der Waals surface area (Å²) in [4.78, 5) is 26.6. The maximum atomic E-state index is 12.9. The number of carbonyl (C=O) groups is 1. The van der Waals surface area contributed by atoms with Crippen molar-refractivity contribution in [2.45, 2.75) is 57.6 Å². The van der Waals surface area contributed by atoms with Gasteiger partial charge in [-0.3, -0.25) is 9.59 Å². The molecule has 0 radical (unpaired) electrons. The lowest BCUT2D eigenvalue weighted by Crippen LogP contribution is -2.65. The highest BCUT2D eigenvalue weighted by Crippen LogP contribution is 2.55. The lowest BCUT2D eigenvalue weighted by molar-refractivity contribution is -0.170. The van der Waals surface area contributed by atoms with Gasteiger partial charge in [-0.15, -0.1) is 0 Å². The third-order valence-electron chi connectivity index (χ3n) is 6.03. The van der Waals surface area contributed by atoms with Crippen LogP contribution in [0.5, 0.6) is 0 Å². The molecule has 2 atom stereocenters. The Morgan fingerprint density at radius 3 is 2.71 bits per heavy atom. The predicted octanol–water partition coefficient (Wildman–Crippen LogP) is 2.59. The summed E-state index contributed by atoms with van der Waals surface area (Å²) in [5.41, 5.74) is 0.437. The number of hydrogen-bond acceptors (Lipinski definition) is 3. The zero-order valence-corrected chi connectivity index (χ0v) is 15.0. The van der Waals surface area contributed by atoms with E-state index >= 15 is 0 Å². The Morgan fingerprint density at radius 2 is 2.08 bits per heavy atom. The second-order valence-electron chi connectivity index (χ2n) is 7.27. The number of nitrogens with zero attached hydrogens (tertiary/aromatic N) is 2. The van der Waals surface area contributed by atoms with E-state index in [1.807, 2.05) is 18.9 Å². The van der Waals surface area contributed by atoms with Crippen molar-refractivity contribution >= 4 is 5.91 Å². The third kappa shape index (κ3) is 2.79. The first-order valence-electron chi connectivity index (χ1n) is 9.05. The molecule has 0 unspecified atom stereocenters. The fourth-order valence-electron chi connectivity index (χ4n) is 4.60. The first kappa shape index (κ1) is 17.2. The summed E-state index contributed by atoms with van der Waals surface area (Å²) in [5.74, 6) is -0.0578. The van der Waals surface area contributed by atoms with Gasteiger partial charge in [-0.1, -0.05) is 19.3 Å². The van der Waals surface area contributed by atoms with E-state index in [0.29, 0.717) is 5.56 Å². The van der Waals surface area contributed by atoms with Gasteiger partial charge in [-0.25, -0.2) is 0 Å². The number of amides is 1. The minimum Gasteiger partial charge on any atom is -0.378 e. The molecule has 132 valence electrons. The molecule has 1 spiro atoms. The second kappa shape index (κ2) is 6.71. The number of ether oxygens (including phenoxy) is 1. The molecule has 3 rings (SSSR count). The highest BCUT2D eigenvalue weighted by molar-refractivity contribution is 5.94. The number of rotatable bonds is 4. The van der Waals surface area contributed by atoms with Crippen molar-refractivity contribution in [1.29, 1.82) is 0 Å². The van der Waals surface area contributed by atoms with Crippen molar-refractivity contribution in [1.82, 2.24) is 9.47 Å². The SMILES string of the molecule is CCO[C@H]1C[C@@H](N(C)C(=O)c2ccn(C)c(=O)c2)C12CCCCC2. The van der Waals surface area contributed by atoms with Crippen LogP contribution >= 0.6 is 0 Å². The Morgan fingerprint density at radius 1 is 1.38 bits per heavy atom. The van der Waals surface area contributed by atoms with Gasteiger partial charge in [0.1, 0.15) is 0 Å². The van der Waals surface area contributed by atoms with E-state index in [2.05, 4.69) is 0 Å². The van der Waals surface area contributed by atoms with Crippen LogP contribution in [0.4, 0.5) is 0 Å². The number of aromatic nitrogens is 1. The predicted molar refractivity (Wildman–Crippen MR) is 93.1 cm³/mol. The van der Waals surface area contributed by atoms with Gasteiger partial charge < -0.3 is 14.2 Å². The van der Waals surface area contributed by atoms with E-state index in [4.69, 9.17) is 4.74 Å². The molecule has 1 amide bonds. The summed E-state index contributed by atoms with van der Waals surface area (Å²) in [5, 5.41) is 0. The molecule has 5 nitrogen and oxygen atoms in total. The normalized spacial score (nSPS) is 25.3. The maximum Gasteiger partial charge on any atom is 0.254 e. The van der Waals surface area contributed by atoms with Crippen LogP contribution in [0.25, 0.3) is 0 Å². The molecule has 2 saturated carbocycles. The van der Waals surface area contributed by atoms with Gasteiger partial charge in [-0.05, 0) is 32.3 Å². The topological polar surface area (TPSA) is 51.5 Å². The Kier molecular flexibility index (Phi) is 4.81. The van der Waals surface area contributed by atoms with E-state index in [1.165, 1.54) is 29.9 Å². The monoisotopic (exact) mass is 332 g/mol. The zero-order valence-electron chi connectivity index (χ0n) is 15.0. The summed E-state index contributed by atoms with van der Waals surface area (Å²) in [6, 6.07) is 3.38. The Balaban J connectivity index is 1.80. The first-order valence-corrected chi connectivity index (χ1v) is 9.05. The van der Waals surface area contributed by atoms with E-state index in [0.717, 1.165) is 25.9 Å². The van der Waals surface area contributed by atoms with Crippen LogP contribution in [0.15, 0.2) is 23.1 Å². The fraction of sp³-hybridized carbons (Fsp3) is 0.684. The van der Waals surface area contributed by atoms with E-state index in [1.54, 1.807) is 19.3 Å². The van der Waals surface area contributed by atoms with Crippen molar-refractivity contribution in [3.05, 3.63) is 34.2 Å². The number of hydrogen-bond donors (Lipinski definition) is 0. The summed E-state index contributed by atoms with van der Waals surface area (Å²) in [6.07, 6.45) is 8.81. The molecular formula is C19H28N2O3. The average molecular weight is 332 g/mol. The second-order valence-corrected chi connectivity index (χ2v) is 7.27. The Bertz CT molecular complexity index is 661. The molecule has 24 heavy (non-hydrogen) atoms. The first-order chi connectivity index (χ1) is 11.5. The van der Waals surface area contributed by atoms with Crippen molar-refractivity contribution < 1.29 is 9.53 Å². The van der Waals surface area contributed by atoms with Crippen LogP contribution in [0.2, 0.25) is 0 Å². The molecular weight excluding hydrogens is 304 g/mol. The smallest absolute Gasteiger partial charge is 0.254 e.